The summed E-state index contributed by atoms with van der Waals surface area (Å²) in [6.07, 6.45) is 1.55. The van der Waals surface area contributed by atoms with Gasteiger partial charge in [-0.05, 0) is 30.7 Å². The fraction of sp³-hybridized carbons (Fsp3) is 0.500. The molecule has 26 heavy (non-hydrogen) atoms. The number of esters is 1. The van der Waals surface area contributed by atoms with E-state index in [9.17, 15) is 14.4 Å². The molecule has 1 heterocycles. The normalized spacial score (nSPS) is 16.8. The largest absolute Gasteiger partial charge is 0.466 e. The SMILES string of the molecule is CCCCOC(=O)CC1C(=O)NCCN1C(=O)CNc1ccc(Cl)cc1. The van der Waals surface area contributed by atoms with Crippen molar-refractivity contribution in [2.24, 2.45) is 0 Å². The third-order valence-electron chi connectivity index (χ3n) is 4.06. The number of hydrogen-bond donors (Lipinski definition) is 2. The third kappa shape index (κ3) is 5.91. The Morgan fingerprint density at radius 1 is 1.35 bits per heavy atom. The first-order valence-corrected chi connectivity index (χ1v) is 9.11. The minimum absolute atomic E-state index is 0.0241. The van der Waals surface area contributed by atoms with Gasteiger partial charge in [-0.15, -0.1) is 0 Å². The molecule has 1 aromatic rings. The average Bonchev–Trinajstić information content (AvgIpc) is 2.63. The highest BCUT2D eigenvalue weighted by atomic mass is 35.5. The molecule has 1 unspecified atom stereocenters. The summed E-state index contributed by atoms with van der Waals surface area (Å²) in [6.45, 7) is 3.08. The molecule has 2 rings (SSSR count). The Hall–Kier alpha value is -2.28. The number of anilines is 1. The molecule has 1 saturated heterocycles. The van der Waals surface area contributed by atoms with Gasteiger partial charge in [-0.3, -0.25) is 14.4 Å². The van der Waals surface area contributed by atoms with Crippen LogP contribution in [-0.4, -0.2) is 55.0 Å². The van der Waals surface area contributed by atoms with Crippen molar-refractivity contribution in [3.05, 3.63) is 29.3 Å². The molecular weight excluding hydrogens is 358 g/mol. The summed E-state index contributed by atoms with van der Waals surface area (Å²) < 4.78 is 5.12. The van der Waals surface area contributed by atoms with Crippen molar-refractivity contribution in [1.29, 1.82) is 0 Å². The smallest absolute Gasteiger partial charge is 0.308 e. The summed E-state index contributed by atoms with van der Waals surface area (Å²) in [4.78, 5) is 38.1. The predicted molar refractivity (Wildman–Crippen MR) is 98.9 cm³/mol. The van der Waals surface area contributed by atoms with E-state index in [1.54, 1.807) is 24.3 Å². The molecule has 0 aliphatic carbocycles. The van der Waals surface area contributed by atoms with Crippen LogP contribution in [0.3, 0.4) is 0 Å². The molecule has 0 spiro atoms. The van der Waals surface area contributed by atoms with Crippen LogP contribution >= 0.6 is 11.6 Å². The Bertz CT molecular complexity index is 636. The molecule has 2 N–H and O–H groups in total. The molecule has 1 atom stereocenters. The lowest BCUT2D eigenvalue weighted by atomic mass is 10.1. The van der Waals surface area contributed by atoms with Crippen LogP contribution in [0.25, 0.3) is 0 Å². The number of carbonyl (C=O) groups excluding carboxylic acids is 3. The monoisotopic (exact) mass is 381 g/mol. The number of benzene rings is 1. The molecule has 1 aromatic carbocycles. The van der Waals surface area contributed by atoms with E-state index >= 15 is 0 Å². The molecule has 1 aliphatic heterocycles. The Morgan fingerprint density at radius 3 is 2.77 bits per heavy atom. The van der Waals surface area contributed by atoms with E-state index in [-0.39, 0.29) is 24.8 Å². The Morgan fingerprint density at radius 2 is 2.08 bits per heavy atom. The summed E-state index contributed by atoms with van der Waals surface area (Å²) in [7, 11) is 0. The van der Waals surface area contributed by atoms with Gasteiger partial charge in [-0.1, -0.05) is 24.9 Å². The van der Waals surface area contributed by atoms with Crippen molar-refractivity contribution in [3.8, 4) is 0 Å². The quantitative estimate of drug-likeness (QED) is 0.529. The minimum atomic E-state index is -0.836. The van der Waals surface area contributed by atoms with Crippen LogP contribution in [0.1, 0.15) is 26.2 Å². The fourth-order valence-corrected chi connectivity index (χ4v) is 2.74. The molecule has 0 bridgehead atoms. The summed E-state index contributed by atoms with van der Waals surface area (Å²) in [5.74, 6) is -1.05. The summed E-state index contributed by atoms with van der Waals surface area (Å²) >= 11 is 5.83. The lowest BCUT2D eigenvalue weighted by Gasteiger charge is -2.34. The van der Waals surface area contributed by atoms with Crippen molar-refractivity contribution >= 4 is 35.1 Å². The number of unbranched alkanes of at least 4 members (excludes halogenated alkanes) is 1. The average molecular weight is 382 g/mol. The zero-order valence-corrected chi connectivity index (χ0v) is 15.6. The predicted octanol–water partition coefficient (Wildman–Crippen LogP) is 1.81. The molecule has 0 aromatic heterocycles. The van der Waals surface area contributed by atoms with E-state index in [0.717, 1.165) is 18.5 Å². The molecule has 142 valence electrons. The van der Waals surface area contributed by atoms with Crippen LogP contribution in [0.15, 0.2) is 24.3 Å². The minimum Gasteiger partial charge on any atom is -0.466 e. The summed E-state index contributed by atoms with van der Waals surface area (Å²) in [5.41, 5.74) is 0.750. The number of rotatable bonds is 8. The molecule has 2 amide bonds. The molecule has 0 saturated carbocycles. The molecule has 0 radical (unpaired) electrons. The first-order chi connectivity index (χ1) is 12.5. The number of ether oxygens (including phenoxy) is 1. The molecule has 8 heteroatoms. The van der Waals surface area contributed by atoms with Crippen LogP contribution in [0.4, 0.5) is 5.69 Å². The van der Waals surface area contributed by atoms with E-state index in [2.05, 4.69) is 10.6 Å². The Kier molecular flexibility index (Phi) is 7.72. The zero-order valence-electron chi connectivity index (χ0n) is 14.8. The number of hydrogen-bond acceptors (Lipinski definition) is 5. The highest BCUT2D eigenvalue weighted by Crippen LogP contribution is 2.14. The Labute approximate surface area is 158 Å². The zero-order chi connectivity index (χ0) is 18.9. The molecule has 1 aliphatic rings. The number of nitrogens with one attached hydrogen (secondary N) is 2. The topological polar surface area (TPSA) is 87.7 Å². The van der Waals surface area contributed by atoms with Gasteiger partial charge in [0.2, 0.25) is 11.8 Å². The second kappa shape index (κ2) is 10.0. The number of carbonyl (C=O) groups is 3. The summed E-state index contributed by atoms with van der Waals surface area (Å²) in [5, 5.41) is 6.30. The van der Waals surface area contributed by atoms with E-state index in [4.69, 9.17) is 16.3 Å². The van der Waals surface area contributed by atoms with Gasteiger partial charge in [0.05, 0.1) is 19.6 Å². The van der Waals surface area contributed by atoms with Gasteiger partial charge in [0, 0.05) is 23.8 Å². The number of halogens is 1. The fourth-order valence-electron chi connectivity index (χ4n) is 2.61. The number of nitrogens with zero attached hydrogens (tertiary/aromatic N) is 1. The van der Waals surface area contributed by atoms with Crippen molar-refractivity contribution in [3.63, 3.8) is 0 Å². The first kappa shape index (κ1) is 20.0. The molecular formula is C18H24ClN3O4. The number of piperazine rings is 1. The molecule has 7 nitrogen and oxygen atoms in total. The highest BCUT2D eigenvalue weighted by Gasteiger charge is 2.34. The van der Waals surface area contributed by atoms with E-state index < -0.39 is 12.0 Å². The Balaban J connectivity index is 1.92. The van der Waals surface area contributed by atoms with Gasteiger partial charge in [0.15, 0.2) is 0 Å². The second-order valence-electron chi connectivity index (χ2n) is 6.03. The van der Waals surface area contributed by atoms with Crippen molar-refractivity contribution in [2.45, 2.75) is 32.2 Å². The van der Waals surface area contributed by atoms with Gasteiger partial charge >= 0.3 is 5.97 Å². The lowest BCUT2D eigenvalue weighted by molar-refractivity contribution is -0.151. The lowest BCUT2D eigenvalue weighted by Crippen LogP contribution is -2.58. The van der Waals surface area contributed by atoms with Gasteiger partial charge < -0.3 is 20.3 Å². The maximum absolute atomic E-state index is 12.5. The maximum Gasteiger partial charge on any atom is 0.308 e. The maximum atomic E-state index is 12.5. The van der Waals surface area contributed by atoms with Gasteiger partial charge in [-0.2, -0.15) is 0 Å². The van der Waals surface area contributed by atoms with E-state index in [0.29, 0.717) is 24.7 Å². The van der Waals surface area contributed by atoms with Gasteiger partial charge in [-0.25, -0.2) is 0 Å². The standard InChI is InChI=1S/C18H24ClN3O4/c1-2-3-10-26-17(24)11-15-18(25)20-8-9-22(15)16(23)12-21-14-6-4-13(19)5-7-14/h4-7,15,21H,2-3,8-12H2,1H3,(H,20,25). The van der Waals surface area contributed by atoms with Crippen molar-refractivity contribution < 1.29 is 19.1 Å². The van der Waals surface area contributed by atoms with Crippen LogP contribution in [-0.2, 0) is 19.1 Å². The van der Waals surface area contributed by atoms with Crippen LogP contribution in [0.2, 0.25) is 5.02 Å². The first-order valence-electron chi connectivity index (χ1n) is 8.73. The third-order valence-corrected chi connectivity index (χ3v) is 4.31. The van der Waals surface area contributed by atoms with Crippen LogP contribution in [0.5, 0.6) is 0 Å². The van der Waals surface area contributed by atoms with Gasteiger partial charge in [0.25, 0.3) is 0 Å². The van der Waals surface area contributed by atoms with E-state index in [1.807, 2.05) is 6.92 Å². The van der Waals surface area contributed by atoms with Crippen molar-refractivity contribution in [1.82, 2.24) is 10.2 Å². The van der Waals surface area contributed by atoms with Gasteiger partial charge in [0.1, 0.15) is 6.04 Å². The van der Waals surface area contributed by atoms with Crippen LogP contribution in [0, 0.1) is 0 Å². The second-order valence-corrected chi connectivity index (χ2v) is 6.47. The van der Waals surface area contributed by atoms with Crippen molar-refractivity contribution in [2.75, 3.05) is 31.6 Å². The summed E-state index contributed by atoms with van der Waals surface area (Å²) in [6, 6.07) is 6.13. The molecule has 1 fully saturated rings. The van der Waals surface area contributed by atoms with Crippen LogP contribution < -0.4 is 10.6 Å². The number of amides is 2. The van der Waals surface area contributed by atoms with E-state index in [1.165, 1.54) is 4.90 Å². The highest BCUT2D eigenvalue weighted by molar-refractivity contribution is 6.30.